The fourth-order valence-corrected chi connectivity index (χ4v) is 5.10. The van der Waals surface area contributed by atoms with Crippen molar-refractivity contribution in [2.45, 2.75) is 71.9 Å². The smallest absolute Gasteiger partial charge is 0.317 e. The van der Waals surface area contributed by atoms with Gasteiger partial charge in [0.25, 0.3) is 5.90 Å². The molecule has 1 unspecified atom stereocenters. The number of aliphatic imine (C=N–C) groups is 1. The number of hydrogen-bond donors (Lipinski definition) is 3. The molecule has 0 radical (unpaired) electrons. The maximum absolute atomic E-state index is 10.8. The average Bonchev–Trinajstić information content (AvgIpc) is 3.16. The SMILES string of the molecule is C=C(/N=C(\ON)c1nn(CC)c2c1CCC(C)(C)C2)c1ccc2c(c1)CCC(NCC(=O)O)C2. The van der Waals surface area contributed by atoms with Crippen molar-refractivity contribution >= 4 is 17.6 Å². The van der Waals surface area contributed by atoms with E-state index in [0.717, 1.165) is 50.6 Å². The average molecular weight is 466 g/mol. The van der Waals surface area contributed by atoms with E-state index in [1.807, 2.05) is 10.7 Å². The maximum Gasteiger partial charge on any atom is 0.317 e. The third-order valence-electron chi connectivity index (χ3n) is 7.02. The molecule has 1 aromatic carbocycles. The quantitative estimate of drug-likeness (QED) is 0.328. The van der Waals surface area contributed by atoms with Gasteiger partial charge < -0.3 is 15.3 Å². The van der Waals surface area contributed by atoms with Crippen LogP contribution in [0, 0.1) is 5.41 Å². The Hall–Kier alpha value is -2.97. The molecule has 0 saturated carbocycles. The Kier molecular flexibility index (Phi) is 6.91. The topological polar surface area (TPSA) is 115 Å². The number of nitrogens with zero attached hydrogens (tertiary/aromatic N) is 3. The number of aromatic nitrogens is 2. The minimum Gasteiger partial charge on any atom is -0.480 e. The predicted octanol–water partition coefficient (Wildman–Crippen LogP) is 3.26. The van der Waals surface area contributed by atoms with Crippen molar-refractivity contribution < 1.29 is 14.7 Å². The first-order valence-corrected chi connectivity index (χ1v) is 12.0. The van der Waals surface area contributed by atoms with Crippen LogP contribution in [-0.4, -0.2) is 39.3 Å². The van der Waals surface area contributed by atoms with E-state index in [-0.39, 0.29) is 18.0 Å². The first kappa shape index (κ1) is 24.2. The molecule has 4 rings (SSSR count). The number of carboxylic acids is 1. The number of carboxylic acid groups (broad SMARTS) is 1. The van der Waals surface area contributed by atoms with Crippen molar-refractivity contribution in [2.75, 3.05) is 6.54 Å². The summed E-state index contributed by atoms with van der Waals surface area (Å²) in [7, 11) is 0. The molecule has 2 aromatic rings. The van der Waals surface area contributed by atoms with E-state index >= 15 is 0 Å². The molecule has 0 bridgehead atoms. The Balaban J connectivity index is 1.56. The summed E-state index contributed by atoms with van der Waals surface area (Å²) in [5.41, 5.74) is 7.32. The largest absolute Gasteiger partial charge is 0.480 e. The Morgan fingerprint density at radius 3 is 2.88 bits per heavy atom. The molecule has 0 aliphatic heterocycles. The van der Waals surface area contributed by atoms with Crippen molar-refractivity contribution in [1.29, 1.82) is 0 Å². The molecule has 1 heterocycles. The van der Waals surface area contributed by atoms with Crippen molar-refractivity contribution in [3.63, 3.8) is 0 Å². The van der Waals surface area contributed by atoms with Crippen molar-refractivity contribution in [2.24, 2.45) is 16.3 Å². The molecular formula is C26H35N5O3. The summed E-state index contributed by atoms with van der Waals surface area (Å²) in [6.07, 6.45) is 5.55. The molecule has 0 saturated heterocycles. The molecule has 1 atom stereocenters. The van der Waals surface area contributed by atoms with Crippen LogP contribution in [0.1, 0.15) is 67.3 Å². The van der Waals surface area contributed by atoms with Gasteiger partial charge >= 0.3 is 5.97 Å². The summed E-state index contributed by atoms with van der Waals surface area (Å²) < 4.78 is 2.04. The van der Waals surface area contributed by atoms with E-state index < -0.39 is 5.97 Å². The van der Waals surface area contributed by atoms with Crippen LogP contribution in [0.25, 0.3) is 5.70 Å². The normalized spacial score (nSPS) is 19.3. The number of benzene rings is 1. The van der Waals surface area contributed by atoms with Gasteiger partial charge in [0.05, 0.1) is 12.2 Å². The molecule has 8 heteroatoms. The third kappa shape index (κ3) is 5.08. The number of aliphatic carboxylic acids is 1. The highest BCUT2D eigenvalue weighted by Crippen LogP contribution is 2.36. The van der Waals surface area contributed by atoms with Gasteiger partial charge in [-0.15, -0.1) is 0 Å². The van der Waals surface area contributed by atoms with Gasteiger partial charge in [-0.2, -0.15) is 11.0 Å². The lowest BCUT2D eigenvalue weighted by molar-refractivity contribution is -0.136. The second-order valence-corrected chi connectivity index (χ2v) is 10.1. The Bertz CT molecular complexity index is 1130. The minimum atomic E-state index is -0.832. The predicted molar refractivity (Wildman–Crippen MR) is 132 cm³/mol. The second kappa shape index (κ2) is 9.72. The maximum atomic E-state index is 10.8. The van der Waals surface area contributed by atoms with Crippen LogP contribution < -0.4 is 11.2 Å². The summed E-state index contributed by atoms with van der Waals surface area (Å²) in [6.45, 7) is 11.6. The lowest BCUT2D eigenvalue weighted by Crippen LogP contribution is -2.37. The zero-order chi connectivity index (χ0) is 24.5. The van der Waals surface area contributed by atoms with Gasteiger partial charge in [-0.1, -0.05) is 32.6 Å². The molecule has 0 spiro atoms. The standard InChI is InChI=1S/C26H35N5O3/c1-5-31-22-14-26(3,4)11-10-21(22)24(30-31)25(34-27)29-16(2)17-6-7-19-13-20(28-15-23(32)33)9-8-18(19)12-17/h6-7,12,20,28H,2,5,8-11,13-15,27H2,1,3-4H3,(H,32,33)/b29-25-. The zero-order valence-electron chi connectivity index (χ0n) is 20.4. The van der Waals surface area contributed by atoms with Crippen LogP contribution >= 0.6 is 0 Å². The second-order valence-electron chi connectivity index (χ2n) is 10.1. The molecule has 0 amide bonds. The van der Waals surface area contributed by atoms with Gasteiger partial charge in [-0.3, -0.25) is 9.48 Å². The summed E-state index contributed by atoms with van der Waals surface area (Å²) in [6, 6.07) is 6.38. The first-order chi connectivity index (χ1) is 16.2. The highest BCUT2D eigenvalue weighted by molar-refractivity contribution is 5.97. The number of fused-ring (bicyclic) bond motifs is 2. The van der Waals surface area contributed by atoms with Crippen molar-refractivity contribution in [1.82, 2.24) is 15.1 Å². The summed E-state index contributed by atoms with van der Waals surface area (Å²) in [4.78, 5) is 20.7. The number of carbonyl (C=O) groups is 1. The number of nitrogens with two attached hydrogens (primary N) is 1. The molecule has 4 N–H and O–H groups in total. The number of rotatable bonds is 7. The lowest BCUT2D eigenvalue weighted by Gasteiger charge is -2.30. The van der Waals surface area contributed by atoms with Crippen LogP contribution in [0.2, 0.25) is 0 Å². The molecule has 2 aliphatic carbocycles. The highest BCUT2D eigenvalue weighted by Gasteiger charge is 2.32. The monoisotopic (exact) mass is 465 g/mol. The summed E-state index contributed by atoms with van der Waals surface area (Å²) >= 11 is 0. The number of aryl methyl sites for hydroxylation is 2. The molecule has 1 aromatic heterocycles. The summed E-state index contributed by atoms with van der Waals surface area (Å²) in [5, 5.41) is 16.8. The molecular weight excluding hydrogens is 430 g/mol. The van der Waals surface area contributed by atoms with Gasteiger partial charge in [-0.25, -0.2) is 4.99 Å². The van der Waals surface area contributed by atoms with E-state index in [0.29, 0.717) is 17.3 Å². The van der Waals surface area contributed by atoms with Gasteiger partial charge in [-0.05, 0) is 73.6 Å². The van der Waals surface area contributed by atoms with Crippen LogP contribution in [0.15, 0.2) is 29.8 Å². The van der Waals surface area contributed by atoms with Crippen LogP contribution in [-0.2, 0) is 41.9 Å². The fraction of sp³-hybridized carbons (Fsp3) is 0.500. The lowest BCUT2D eigenvalue weighted by atomic mass is 9.76. The van der Waals surface area contributed by atoms with E-state index in [1.165, 1.54) is 22.4 Å². The van der Waals surface area contributed by atoms with Gasteiger partial charge in [0, 0.05) is 23.8 Å². The Labute approximate surface area is 200 Å². The Morgan fingerprint density at radius 2 is 2.18 bits per heavy atom. The van der Waals surface area contributed by atoms with E-state index in [4.69, 9.17) is 20.9 Å². The zero-order valence-corrected chi connectivity index (χ0v) is 20.4. The van der Waals surface area contributed by atoms with E-state index in [2.05, 4.69) is 49.8 Å². The Morgan fingerprint density at radius 1 is 1.38 bits per heavy atom. The molecule has 34 heavy (non-hydrogen) atoms. The van der Waals surface area contributed by atoms with Gasteiger partial charge in [0.2, 0.25) is 0 Å². The van der Waals surface area contributed by atoms with Crippen molar-refractivity contribution in [3.05, 3.63) is 58.4 Å². The third-order valence-corrected chi connectivity index (χ3v) is 7.02. The fourth-order valence-electron chi connectivity index (χ4n) is 5.10. The molecule has 8 nitrogen and oxygen atoms in total. The molecule has 2 aliphatic rings. The molecule has 0 fully saturated rings. The highest BCUT2D eigenvalue weighted by atomic mass is 16.6. The number of hydrogen-bond acceptors (Lipinski definition) is 6. The van der Waals surface area contributed by atoms with Crippen molar-refractivity contribution in [3.8, 4) is 0 Å². The van der Waals surface area contributed by atoms with Gasteiger partial charge in [0.15, 0.2) is 5.69 Å². The van der Waals surface area contributed by atoms with Gasteiger partial charge in [0.1, 0.15) is 0 Å². The first-order valence-electron chi connectivity index (χ1n) is 12.0. The number of nitrogens with one attached hydrogen (secondary N) is 1. The van der Waals surface area contributed by atoms with Crippen LogP contribution in [0.5, 0.6) is 0 Å². The minimum absolute atomic E-state index is 0.0134. The van der Waals surface area contributed by atoms with E-state index in [9.17, 15) is 4.79 Å². The van der Waals surface area contributed by atoms with Crippen LogP contribution in [0.3, 0.4) is 0 Å². The summed E-state index contributed by atoms with van der Waals surface area (Å²) in [5.74, 6) is 5.14. The van der Waals surface area contributed by atoms with Crippen LogP contribution in [0.4, 0.5) is 0 Å². The molecule has 182 valence electrons. The van der Waals surface area contributed by atoms with E-state index in [1.54, 1.807) is 0 Å².